The number of carbonyl (C=O) groups excluding carboxylic acids is 2. The standard InChI is InChI=1S/C17H18N2O3S/c1-19(10-14-8-9-23-12-14)17(21)7-4-13-2-5-15(6-3-13)22-11-16(18)20/h2-9,12H,10-11H2,1H3,(H2,18,20). The van der Waals surface area contributed by atoms with Crippen LogP contribution in [0.25, 0.3) is 6.08 Å². The minimum Gasteiger partial charge on any atom is -0.484 e. The van der Waals surface area contributed by atoms with Crippen molar-refractivity contribution in [2.45, 2.75) is 6.54 Å². The van der Waals surface area contributed by atoms with E-state index in [2.05, 4.69) is 0 Å². The number of ether oxygens (including phenoxy) is 1. The van der Waals surface area contributed by atoms with Crippen molar-refractivity contribution in [3.63, 3.8) is 0 Å². The van der Waals surface area contributed by atoms with Crippen molar-refractivity contribution in [3.05, 3.63) is 58.3 Å². The zero-order valence-electron chi connectivity index (χ0n) is 12.8. The van der Waals surface area contributed by atoms with Crippen LogP contribution in [0.1, 0.15) is 11.1 Å². The van der Waals surface area contributed by atoms with Gasteiger partial charge in [0.05, 0.1) is 0 Å². The van der Waals surface area contributed by atoms with Crippen LogP contribution in [0.3, 0.4) is 0 Å². The molecule has 0 saturated heterocycles. The number of hydrogen-bond acceptors (Lipinski definition) is 4. The molecule has 1 heterocycles. The van der Waals surface area contributed by atoms with E-state index in [0.29, 0.717) is 12.3 Å². The third-order valence-corrected chi connectivity index (χ3v) is 3.79. The summed E-state index contributed by atoms with van der Waals surface area (Å²) in [6.45, 7) is 0.438. The first-order valence-electron chi connectivity index (χ1n) is 7.00. The molecular formula is C17H18N2O3S. The molecule has 120 valence electrons. The number of nitrogens with two attached hydrogens (primary N) is 1. The number of likely N-dealkylation sites (N-methyl/N-ethyl adjacent to an activating group) is 1. The Hall–Kier alpha value is -2.60. The maximum Gasteiger partial charge on any atom is 0.255 e. The van der Waals surface area contributed by atoms with Crippen LogP contribution in [0.15, 0.2) is 47.2 Å². The molecule has 0 aliphatic carbocycles. The fourth-order valence-corrected chi connectivity index (χ4v) is 2.52. The van der Waals surface area contributed by atoms with Crippen LogP contribution in [-0.2, 0) is 16.1 Å². The van der Waals surface area contributed by atoms with E-state index in [4.69, 9.17) is 10.5 Å². The number of thiophene rings is 1. The van der Waals surface area contributed by atoms with Gasteiger partial charge >= 0.3 is 0 Å². The summed E-state index contributed by atoms with van der Waals surface area (Å²) in [5, 5.41) is 4.02. The SMILES string of the molecule is CN(Cc1ccsc1)C(=O)C=Cc1ccc(OCC(N)=O)cc1. The number of nitrogens with zero attached hydrogens (tertiary/aromatic N) is 1. The molecule has 0 unspecified atom stereocenters. The highest BCUT2D eigenvalue weighted by atomic mass is 32.1. The molecule has 2 aromatic rings. The van der Waals surface area contributed by atoms with Crippen LogP contribution < -0.4 is 10.5 Å². The third kappa shape index (κ3) is 5.60. The minimum absolute atomic E-state index is 0.0646. The van der Waals surface area contributed by atoms with Crippen LogP contribution in [0.4, 0.5) is 0 Å². The molecular weight excluding hydrogens is 312 g/mol. The van der Waals surface area contributed by atoms with E-state index < -0.39 is 5.91 Å². The van der Waals surface area contributed by atoms with E-state index in [1.165, 1.54) is 6.08 Å². The van der Waals surface area contributed by atoms with Gasteiger partial charge in [-0.1, -0.05) is 12.1 Å². The number of primary amides is 1. The van der Waals surface area contributed by atoms with Crippen molar-refractivity contribution in [1.82, 2.24) is 4.90 Å². The second-order valence-corrected chi connectivity index (χ2v) is 5.76. The molecule has 2 amide bonds. The summed E-state index contributed by atoms with van der Waals surface area (Å²) in [6.07, 6.45) is 3.27. The predicted molar refractivity (Wildman–Crippen MR) is 91.0 cm³/mol. The summed E-state index contributed by atoms with van der Waals surface area (Å²) in [7, 11) is 1.77. The summed E-state index contributed by atoms with van der Waals surface area (Å²) in [4.78, 5) is 24.3. The lowest BCUT2D eigenvalue weighted by atomic mass is 10.2. The average molecular weight is 330 g/mol. The first-order chi connectivity index (χ1) is 11.0. The van der Waals surface area contributed by atoms with E-state index in [1.54, 1.807) is 53.6 Å². The van der Waals surface area contributed by atoms with Gasteiger partial charge in [-0.3, -0.25) is 9.59 Å². The maximum atomic E-state index is 12.1. The van der Waals surface area contributed by atoms with E-state index in [1.807, 2.05) is 16.8 Å². The van der Waals surface area contributed by atoms with E-state index in [9.17, 15) is 9.59 Å². The molecule has 5 nitrogen and oxygen atoms in total. The minimum atomic E-state index is -0.520. The fourth-order valence-electron chi connectivity index (χ4n) is 1.86. The van der Waals surface area contributed by atoms with Gasteiger partial charge in [0, 0.05) is 19.7 Å². The Bertz CT molecular complexity index is 678. The van der Waals surface area contributed by atoms with Crippen molar-refractivity contribution in [2.75, 3.05) is 13.7 Å². The van der Waals surface area contributed by atoms with Gasteiger partial charge in [0.1, 0.15) is 5.75 Å². The number of carbonyl (C=O) groups is 2. The molecule has 0 aliphatic rings. The van der Waals surface area contributed by atoms with Crippen LogP contribution in [0.5, 0.6) is 5.75 Å². The lowest BCUT2D eigenvalue weighted by Crippen LogP contribution is -2.23. The van der Waals surface area contributed by atoms with E-state index in [-0.39, 0.29) is 12.5 Å². The Morgan fingerprint density at radius 3 is 2.61 bits per heavy atom. The Labute approximate surface area is 139 Å². The molecule has 1 aromatic carbocycles. The molecule has 0 spiro atoms. The molecule has 0 saturated carbocycles. The first-order valence-corrected chi connectivity index (χ1v) is 7.94. The maximum absolute atomic E-state index is 12.1. The van der Waals surface area contributed by atoms with Crippen molar-refractivity contribution in [2.24, 2.45) is 5.73 Å². The second-order valence-electron chi connectivity index (χ2n) is 4.98. The Morgan fingerprint density at radius 2 is 2.00 bits per heavy atom. The van der Waals surface area contributed by atoms with Crippen molar-refractivity contribution in [1.29, 1.82) is 0 Å². The van der Waals surface area contributed by atoms with Crippen LogP contribution >= 0.6 is 11.3 Å². The number of benzene rings is 1. The topological polar surface area (TPSA) is 72.6 Å². The summed E-state index contributed by atoms with van der Waals surface area (Å²) >= 11 is 1.61. The molecule has 0 aliphatic heterocycles. The highest BCUT2D eigenvalue weighted by Crippen LogP contribution is 2.13. The van der Waals surface area contributed by atoms with Gasteiger partial charge in [0.15, 0.2) is 6.61 Å². The smallest absolute Gasteiger partial charge is 0.255 e. The Balaban J connectivity index is 1.88. The van der Waals surface area contributed by atoms with Crippen LogP contribution in [0, 0.1) is 0 Å². The van der Waals surface area contributed by atoms with E-state index >= 15 is 0 Å². The van der Waals surface area contributed by atoms with Gasteiger partial charge in [-0.15, -0.1) is 0 Å². The van der Waals surface area contributed by atoms with Gasteiger partial charge in [-0.25, -0.2) is 0 Å². The quantitative estimate of drug-likeness (QED) is 0.792. The predicted octanol–water partition coefficient (Wildman–Crippen LogP) is 2.28. The number of rotatable bonds is 7. The van der Waals surface area contributed by atoms with Crippen molar-refractivity contribution >= 4 is 29.2 Å². The molecule has 23 heavy (non-hydrogen) atoms. The zero-order chi connectivity index (χ0) is 16.7. The van der Waals surface area contributed by atoms with E-state index in [0.717, 1.165) is 11.1 Å². The van der Waals surface area contributed by atoms with Crippen molar-refractivity contribution in [3.8, 4) is 5.75 Å². The fraction of sp³-hybridized carbons (Fsp3) is 0.176. The number of amides is 2. The van der Waals surface area contributed by atoms with Gasteiger partial charge in [0.2, 0.25) is 5.91 Å². The van der Waals surface area contributed by atoms with Crippen LogP contribution in [-0.4, -0.2) is 30.4 Å². The summed E-state index contributed by atoms with van der Waals surface area (Å²) < 4.78 is 5.17. The normalized spacial score (nSPS) is 10.7. The lowest BCUT2D eigenvalue weighted by molar-refractivity contribution is -0.125. The number of hydrogen-bond donors (Lipinski definition) is 1. The van der Waals surface area contributed by atoms with Gasteiger partial charge in [-0.05, 0) is 46.2 Å². The van der Waals surface area contributed by atoms with Crippen LogP contribution in [0.2, 0.25) is 0 Å². The summed E-state index contributed by atoms with van der Waals surface area (Å²) in [5.41, 5.74) is 7.00. The molecule has 0 radical (unpaired) electrons. The zero-order valence-corrected chi connectivity index (χ0v) is 13.6. The van der Waals surface area contributed by atoms with Crippen molar-refractivity contribution < 1.29 is 14.3 Å². The average Bonchev–Trinajstić information content (AvgIpc) is 3.04. The highest BCUT2D eigenvalue weighted by molar-refractivity contribution is 7.07. The molecule has 1 aromatic heterocycles. The summed E-state index contributed by atoms with van der Waals surface area (Å²) in [6, 6.07) is 9.06. The lowest BCUT2D eigenvalue weighted by Gasteiger charge is -2.13. The molecule has 0 atom stereocenters. The van der Waals surface area contributed by atoms with Gasteiger partial charge in [0.25, 0.3) is 5.91 Å². The van der Waals surface area contributed by atoms with Gasteiger partial charge in [-0.2, -0.15) is 11.3 Å². The Morgan fingerprint density at radius 1 is 1.26 bits per heavy atom. The molecule has 2 N–H and O–H groups in total. The monoisotopic (exact) mass is 330 g/mol. The third-order valence-electron chi connectivity index (χ3n) is 3.06. The first kappa shape index (κ1) is 16.8. The molecule has 2 rings (SSSR count). The van der Waals surface area contributed by atoms with Gasteiger partial charge < -0.3 is 15.4 Å². The Kier molecular flexibility index (Phi) is 5.94. The largest absolute Gasteiger partial charge is 0.484 e. The molecule has 6 heteroatoms. The molecule has 0 bridgehead atoms. The summed E-state index contributed by atoms with van der Waals surface area (Å²) in [5.74, 6) is -0.0275. The highest BCUT2D eigenvalue weighted by Gasteiger charge is 2.06. The molecule has 0 fully saturated rings. The second kappa shape index (κ2) is 8.14.